The second kappa shape index (κ2) is 7.19. The number of aromatic hydroxyl groups is 1. The third-order valence-electron chi connectivity index (χ3n) is 4.18. The first-order valence-electron chi connectivity index (χ1n) is 7.39. The molecule has 0 amide bonds. The highest BCUT2D eigenvalue weighted by Crippen LogP contribution is 2.33. The summed E-state index contributed by atoms with van der Waals surface area (Å²) in [6.07, 6.45) is 6.31. The molecule has 112 valence electrons. The molecule has 3 nitrogen and oxygen atoms in total. The van der Waals surface area contributed by atoms with Gasteiger partial charge < -0.3 is 15.2 Å². The maximum absolute atomic E-state index is 10.1. The lowest BCUT2D eigenvalue weighted by molar-refractivity contribution is 0.367. The zero-order valence-corrected chi connectivity index (χ0v) is 13.0. The zero-order chi connectivity index (χ0) is 14.5. The lowest BCUT2D eigenvalue weighted by Crippen LogP contribution is -2.28. The Balaban J connectivity index is 1.98. The molecule has 0 aromatic heterocycles. The van der Waals surface area contributed by atoms with Gasteiger partial charge in [-0.05, 0) is 31.2 Å². The SMILES string of the molecule is COc1cc(Cl)cc(CNC2CCCC(C)CC2)c1O. The van der Waals surface area contributed by atoms with E-state index in [2.05, 4.69) is 12.2 Å². The molecule has 1 aromatic carbocycles. The van der Waals surface area contributed by atoms with E-state index in [0.29, 0.717) is 23.4 Å². The number of phenolic OH excluding ortho intramolecular Hbond substituents is 1. The van der Waals surface area contributed by atoms with E-state index < -0.39 is 0 Å². The van der Waals surface area contributed by atoms with Crippen LogP contribution >= 0.6 is 11.6 Å². The normalized spacial score (nSPS) is 23.4. The molecule has 4 heteroatoms. The van der Waals surface area contributed by atoms with Crippen molar-refractivity contribution in [1.82, 2.24) is 5.32 Å². The third kappa shape index (κ3) is 4.03. The standard InChI is InChI=1S/C16H24ClNO2/c1-11-4-3-5-14(7-6-11)18-10-12-8-13(17)9-15(20-2)16(12)19/h8-9,11,14,18-19H,3-7,10H2,1-2H3. The van der Waals surface area contributed by atoms with E-state index in [9.17, 15) is 5.11 Å². The van der Waals surface area contributed by atoms with Crippen LogP contribution in [0.25, 0.3) is 0 Å². The molecule has 1 saturated carbocycles. The summed E-state index contributed by atoms with van der Waals surface area (Å²) < 4.78 is 5.13. The van der Waals surface area contributed by atoms with E-state index in [1.54, 1.807) is 12.1 Å². The van der Waals surface area contributed by atoms with Gasteiger partial charge in [-0.1, -0.05) is 31.4 Å². The van der Waals surface area contributed by atoms with E-state index in [4.69, 9.17) is 16.3 Å². The molecule has 0 radical (unpaired) electrons. The number of hydrogen-bond donors (Lipinski definition) is 2. The summed E-state index contributed by atoms with van der Waals surface area (Å²) in [6, 6.07) is 3.96. The van der Waals surface area contributed by atoms with Gasteiger partial charge in [-0.3, -0.25) is 0 Å². The van der Waals surface area contributed by atoms with E-state index >= 15 is 0 Å². The fourth-order valence-corrected chi connectivity index (χ4v) is 3.09. The number of methoxy groups -OCH3 is 1. The fraction of sp³-hybridized carbons (Fsp3) is 0.625. The van der Waals surface area contributed by atoms with E-state index in [-0.39, 0.29) is 5.75 Å². The molecule has 1 aromatic rings. The van der Waals surface area contributed by atoms with Crippen molar-refractivity contribution < 1.29 is 9.84 Å². The van der Waals surface area contributed by atoms with Gasteiger partial charge in [0.2, 0.25) is 0 Å². The number of nitrogens with one attached hydrogen (secondary N) is 1. The second-order valence-corrected chi connectivity index (χ2v) is 6.24. The van der Waals surface area contributed by atoms with Crippen molar-refractivity contribution in [2.75, 3.05) is 7.11 Å². The molecule has 0 saturated heterocycles. The zero-order valence-electron chi connectivity index (χ0n) is 12.3. The average molecular weight is 298 g/mol. The van der Waals surface area contributed by atoms with Crippen molar-refractivity contribution in [3.8, 4) is 11.5 Å². The Morgan fingerprint density at radius 1 is 1.30 bits per heavy atom. The van der Waals surface area contributed by atoms with E-state index in [0.717, 1.165) is 11.5 Å². The molecule has 1 aliphatic carbocycles. The molecule has 2 atom stereocenters. The minimum Gasteiger partial charge on any atom is -0.504 e. The van der Waals surface area contributed by atoms with Crippen LogP contribution in [-0.2, 0) is 6.54 Å². The molecule has 20 heavy (non-hydrogen) atoms. The molecule has 1 aliphatic rings. The van der Waals surface area contributed by atoms with Crippen LogP contribution in [0.2, 0.25) is 5.02 Å². The highest BCUT2D eigenvalue weighted by molar-refractivity contribution is 6.30. The number of phenols is 1. The van der Waals surface area contributed by atoms with Crippen molar-refractivity contribution in [2.45, 2.75) is 51.6 Å². The molecule has 2 rings (SSSR count). The van der Waals surface area contributed by atoms with Crippen LogP contribution in [-0.4, -0.2) is 18.3 Å². The van der Waals surface area contributed by atoms with Gasteiger partial charge in [-0.25, -0.2) is 0 Å². The lowest BCUT2D eigenvalue weighted by atomic mass is 10.0. The highest BCUT2D eigenvalue weighted by atomic mass is 35.5. The molecule has 2 N–H and O–H groups in total. The maximum atomic E-state index is 10.1. The van der Waals surface area contributed by atoms with Gasteiger partial charge in [0, 0.05) is 29.2 Å². The quantitative estimate of drug-likeness (QED) is 0.822. The van der Waals surface area contributed by atoms with Gasteiger partial charge >= 0.3 is 0 Å². The van der Waals surface area contributed by atoms with Gasteiger partial charge in [0.05, 0.1) is 7.11 Å². The Kier molecular flexibility index (Phi) is 5.55. The number of hydrogen-bond acceptors (Lipinski definition) is 3. The Bertz CT molecular complexity index is 450. The molecule has 0 spiro atoms. The van der Waals surface area contributed by atoms with Gasteiger partial charge in [0.1, 0.15) is 0 Å². The van der Waals surface area contributed by atoms with Crippen LogP contribution in [0.15, 0.2) is 12.1 Å². The Morgan fingerprint density at radius 2 is 2.10 bits per heavy atom. The molecule has 0 bridgehead atoms. The average Bonchev–Trinajstić information content (AvgIpc) is 2.64. The summed E-state index contributed by atoms with van der Waals surface area (Å²) >= 11 is 6.05. The van der Waals surface area contributed by atoms with Gasteiger partial charge in [0.25, 0.3) is 0 Å². The molecule has 0 heterocycles. The summed E-state index contributed by atoms with van der Waals surface area (Å²) in [6.45, 7) is 2.96. The number of rotatable bonds is 4. The van der Waals surface area contributed by atoms with Crippen LogP contribution in [0.1, 0.15) is 44.6 Å². The summed E-state index contributed by atoms with van der Waals surface area (Å²) in [7, 11) is 1.54. The minimum absolute atomic E-state index is 0.186. The number of ether oxygens (including phenoxy) is 1. The first kappa shape index (κ1) is 15.5. The minimum atomic E-state index is 0.186. The van der Waals surface area contributed by atoms with Crippen molar-refractivity contribution in [3.05, 3.63) is 22.7 Å². The second-order valence-electron chi connectivity index (χ2n) is 5.81. The molecular formula is C16H24ClNO2. The third-order valence-corrected chi connectivity index (χ3v) is 4.40. The number of halogens is 1. The van der Waals surface area contributed by atoms with Crippen molar-refractivity contribution in [2.24, 2.45) is 5.92 Å². The molecule has 0 aliphatic heterocycles. The lowest BCUT2D eigenvalue weighted by Gasteiger charge is -2.17. The monoisotopic (exact) mass is 297 g/mol. The van der Waals surface area contributed by atoms with Crippen LogP contribution in [0.4, 0.5) is 0 Å². The topological polar surface area (TPSA) is 41.5 Å². The van der Waals surface area contributed by atoms with Crippen LogP contribution in [0.5, 0.6) is 11.5 Å². The largest absolute Gasteiger partial charge is 0.504 e. The smallest absolute Gasteiger partial charge is 0.162 e. The van der Waals surface area contributed by atoms with Crippen molar-refractivity contribution in [3.63, 3.8) is 0 Å². The van der Waals surface area contributed by atoms with Crippen LogP contribution in [0.3, 0.4) is 0 Å². The summed E-state index contributed by atoms with van der Waals surface area (Å²) in [5.41, 5.74) is 0.798. The Morgan fingerprint density at radius 3 is 2.85 bits per heavy atom. The summed E-state index contributed by atoms with van der Waals surface area (Å²) in [5.74, 6) is 1.46. The van der Waals surface area contributed by atoms with E-state index in [1.807, 2.05) is 0 Å². The summed E-state index contributed by atoms with van der Waals surface area (Å²) in [4.78, 5) is 0. The predicted octanol–water partition coefficient (Wildman–Crippen LogP) is 4.11. The highest BCUT2D eigenvalue weighted by Gasteiger charge is 2.17. The fourth-order valence-electron chi connectivity index (χ4n) is 2.86. The molecular weight excluding hydrogens is 274 g/mol. The van der Waals surface area contributed by atoms with E-state index in [1.165, 1.54) is 39.2 Å². The van der Waals surface area contributed by atoms with Gasteiger partial charge in [-0.15, -0.1) is 0 Å². The molecule has 1 fully saturated rings. The first-order valence-corrected chi connectivity index (χ1v) is 7.76. The summed E-state index contributed by atoms with van der Waals surface area (Å²) in [5, 5.41) is 14.2. The predicted molar refractivity (Wildman–Crippen MR) is 82.5 cm³/mol. The Labute approximate surface area is 126 Å². The van der Waals surface area contributed by atoms with Crippen LogP contribution < -0.4 is 10.1 Å². The van der Waals surface area contributed by atoms with Crippen molar-refractivity contribution in [1.29, 1.82) is 0 Å². The Hall–Kier alpha value is -0.930. The van der Waals surface area contributed by atoms with Gasteiger partial charge in [0.15, 0.2) is 11.5 Å². The maximum Gasteiger partial charge on any atom is 0.162 e. The van der Waals surface area contributed by atoms with Gasteiger partial charge in [-0.2, -0.15) is 0 Å². The van der Waals surface area contributed by atoms with Crippen molar-refractivity contribution >= 4 is 11.6 Å². The number of benzene rings is 1. The van der Waals surface area contributed by atoms with Crippen LogP contribution in [0, 0.1) is 5.92 Å². The molecule has 2 unspecified atom stereocenters. The first-order chi connectivity index (χ1) is 9.60.